The summed E-state index contributed by atoms with van der Waals surface area (Å²) in [7, 11) is 0. The molecule has 3 rings (SSSR count). The van der Waals surface area contributed by atoms with Crippen LogP contribution in [-0.4, -0.2) is 15.5 Å². The van der Waals surface area contributed by atoms with Crippen molar-refractivity contribution in [1.82, 2.24) is 9.55 Å². The third-order valence-corrected chi connectivity index (χ3v) is 3.97. The highest BCUT2D eigenvalue weighted by molar-refractivity contribution is 6.03. The summed E-state index contributed by atoms with van der Waals surface area (Å²) >= 11 is 0. The first-order valence-electron chi connectivity index (χ1n) is 8.27. The summed E-state index contributed by atoms with van der Waals surface area (Å²) in [6, 6.07) is 13.0. The molecule has 1 amide bonds. The third kappa shape index (κ3) is 4.03. The van der Waals surface area contributed by atoms with Crippen LogP contribution in [0.5, 0.6) is 0 Å². The van der Waals surface area contributed by atoms with E-state index in [0.29, 0.717) is 18.8 Å². The number of aryl methyl sites for hydroxylation is 1. The summed E-state index contributed by atoms with van der Waals surface area (Å²) in [4.78, 5) is 28.7. The van der Waals surface area contributed by atoms with Crippen LogP contribution in [0.25, 0.3) is 0 Å². The van der Waals surface area contributed by atoms with Gasteiger partial charge in [0, 0.05) is 18.9 Å². The predicted molar refractivity (Wildman–Crippen MR) is 97.8 cm³/mol. The maximum absolute atomic E-state index is 13.2. The van der Waals surface area contributed by atoms with Crippen LogP contribution in [0.3, 0.4) is 0 Å². The zero-order valence-electron chi connectivity index (χ0n) is 14.3. The van der Waals surface area contributed by atoms with Crippen molar-refractivity contribution < 1.29 is 9.18 Å². The Kier molecular flexibility index (Phi) is 5.22. The van der Waals surface area contributed by atoms with Crippen molar-refractivity contribution in [2.45, 2.75) is 19.9 Å². The van der Waals surface area contributed by atoms with Crippen LogP contribution in [0.1, 0.15) is 28.4 Å². The monoisotopic (exact) mass is 351 g/mol. The SMILES string of the molecule is CCn1cccc(C(=O)Nc2ccc(Cc3cccc(F)c3)cn2)c1=O. The second kappa shape index (κ2) is 7.74. The average molecular weight is 351 g/mol. The molecule has 2 aromatic heterocycles. The second-order valence-corrected chi connectivity index (χ2v) is 5.83. The second-order valence-electron chi connectivity index (χ2n) is 5.83. The normalized spacial score (nSPS) is 10.5. The van der Waals surface area contributed by atoms with Gasteiger partial charge < -0.3 is 9.88 Å². The predicted octanol–water partition coefficient (Wildman–Crippen LogP) is 3.25. The highest BCUT2D eigenvalue weighted by Gasteiger charge is 2.12. The van der Waals surface area contributed by atoms with Gasteiger partial charge in [-0.1, -0.05) is 18.2 Å². The van der Waals surface area contributed by atoms with Crippen molar-refractivity contribution in [3.05, 3.63) is 93.8 Å². The smallest absolute Gasteiger partial charge is 0.263 e. The fourth-order valence-electron chi connectivity index (χ4n) is 2.63. The topological polar surface area (TPSA) is 64.0 Å². The number of nitrogens with one attached hydrogen (secondary N) is 1. The van der Waals surface area contributed by atoms with Crippen LogP contribution >= 0.6 is 0 Å². The lowest BCUT2D eigenvalue weighted by Crippen LogP contribution is -2.28. The Morgan fingerprint density at radius 2 is 2.00 bits per heavy atom. The molecule has 26 heavy (non-hydrogen) atoms. The minimum Gasteiger partial charge on any atom is -0.315 e. The summed E-state index contributed by atoms with van der Waals surface area (Å²) in [6.45, 7) is 2.33. The molecular formula is C20H18FN3O2. The number of halogens is 1. The van der Waals surface area contributed by atoms with Crippen molar-refractivity contribution >= 4 is 11.7 Å². The minimum atomic E-state index is -0.497. The molecule has 0 saturated heterocycles. The number of carbonyl (C=O) groups is 1. The van der Waals surface area contributed by atoms with Gasteiger partial charge in [-0.2, -0.15) is 0 Å². The molecule has 0 fully saturated rings. The number of benzene rings is 1. The molecule has 0 aliphatic rings. The number of aromatic nitrogens is 2. The summed E-state index contributed by atoms with van der Waals surface area (Å²) in [5.41, 5.74) is 1.46. The number of amides is 1. The van der Waals surface area contributed by atoms with Gasteiger partial charge in [0.25, 0.3) is 11.5 Å². The molecule has 0 aliphatic carbocycles. The average Bonchev–Trinajstić information content (AvgIpc) is 2.63. The number of anilines is 1. The first-order valence-corrected chi connectivity index (χ1v) is 8.27. The van der Waals surface area contributed by atoms with Crippen molar-refractivity contribution in [3.63, 3.8) is 0 Å². The summed E-state index contributed by atoms with van der Waals surface area (Å²) in [5, 5.41) is 2.63. The highest BCUT2D eigenvalue weighted by atomic mass is 19.1. The van der Waals surface area contributed by atoms with Gasteiger partial charge in [0.05, 0.1) is 0 Å². The first-order chi connectivity index (χ1) is 12.6. The highest BCUT2D eigenvalue weighted by Crippen LogP contribution is 2.12. The molecule has 0 radical (unpaired) electrons. The van der Waals surface area contributed by atoms with Crippen LogP contribution < -0.4 is 10.9 Å². The van der Waals surface area contributed by atoms with E-state index in [2.05, 4.69) is 10.3 Å². The Hall–Kier alpha value is -3.28. The van der Waals surface area contributed by atoms with Gasteiger partial charge in [0.15, 0.2) is 0 Å². The Labute approximate surface area is 150 Å². The Morgan fingerprint density at radius 1 is 1.15 bits per heavy atom. The van der Waals surface area contributed by atoms with E-state index in [1.54, 1.807) is 30.6 Å². The van der Waals surface area contributed by atoms with E-state index in [1.807, 2.05) is 19.1 Å². The largest absolute Gasteiger partial charge is 0.315 e. The standard InChI is InChI=1S/C20H18FN3O2/c1-2-24-10-4-7-17(20(24)26)19(25)23-18-9-8-15(13-22-18)11-14-5-3-6-16(21)12-14/h3-10,12-13H,2,11H2,1H3,(H,22,23,25). The Balaban J connectivity index is 1.71. The summed E-state index contributed by atoms with van der Waals surface area (Å²) < 4.78 is 14.7. The van der Waals surface area contributed by atoms with E-state index in [-0.39, 0.29) is 16.9 Å². The van der Waals surface area contributed by atoms with E-state index in [1.165, 1.54) is 22.8 Å². The maximum atomic E-state index is 13.2. The maximum Gasteiger partial charge on any atom is 0.263 e. The Morgan fingerprint density at radius 3 is 2.69 bits per heavy atom. The molecule has 0 aliphatic heterocycles. The van der Waals surface area contributed by atoms with Gasteiger partial charge in [-0.05, 0) is 54.8 Å². The molecule has 132 valence electrons. The summed E-state index contributed by atoms with van der Waals surface area (Å²) in [6.07, 6.45) is 3.80. The third-order valence-electron chi connectivity index (χ3n) is 3.97. The minimum absolute atomic E-state index is 0.0694. The molecule has 0 atom stereocenters. The molecule has 1 aromatic carbocycles. The molecule has 1 N–H and O–H groups in total. The van der Waals surface area contributed by atoms with Gasteiger partial charge in [0.2, 0.25) is 0 Å². The van der Waals surface area contributed by atoms with Crippen molar-refractivity contribution in [3.8, 4) is 0 Å². The van der Waals surface area contributed by atoms with Crippen molar-refractivity contribution in [2.24, 2.45) is 0 Å². The number of hydrogen-bond acceptors (Lipinski definition) is 3. The zero-order valence-corrected chi connectivity index (χ0v) is 14.3. The molecular weight excluding hydrogens is 333 g/mol. The molecule has 0 unspecified atom stereocenters. The van der Waals surface area contributed by atoms with E-state index >= 15 is 0 Å². The van der Waals surface area contributed by atoms with Crippen LogP contribution in [0.15, 0.2) is 65.7 Å². The molecule has 5 nitrogen and oxygen atoms in total. The first kappa shape index (κ1) is 17.5. The molecule has 0 saturated carbocycles. The Bertz CT molecular complexity index is 981. The van der Waals surface area contributed by atoms with E-state index in [4.69, 9.17) is 0 Å². The lowest BCUT2D eigenvalue weighted by molar-refractivity contribution is 0.102. The number of nitrogens with zero attached hydrogens (tertiary/aromatic N) is 2. The van der Waals surface area contributed by atoms with Crippen LogP contribution in [-0.2, 0) is 13.0 Å². The van der Waals surface area contributed by atoms with E-state index in [0.717, 1.165) is 11.1 Å². The van der Waals surface area contributed by atoms with Crippen LogP contribution in [0, 0.1) is 5.82 Å². The molecule has 0 bridgehead atoms. The number of pyridine rings is 2. The fraction of sp³-hybridized carbons (Fsp3) is 0.150. The molecule has 3 aromatic rings. The van der Waals surface area contributed by atoms with E-state index < -0.39 is 5.91 Å². The number of rotatable bonds is 5. The lowest BCUT2D eigenvalue weighted by Gasteiger charge is -2.07. The van der Waals surface area contributed by atoms with Crippen molar-refractivity contribution in [2.75, 3.05) is 5.32 Å². The molecule has 0 spiro atoms. The lowest BCUT2D eigenvalue weighted by atomic mass is 10.1. The van der Waals surface area contributed by atoms with E-state index in [9.17, 15) is 14.0 Å². The quantitative estimate of drug-likeness (QED) is 0.767. The van der Waals surface area contributed by atoms with Crippen LogP contribution in [0.2, 0.25) is 0 Å². The van der Waals surface area contributed by atoms with Crippen molar-refractivity contribution in [1.29, 1.82) is 0 Å². The fourth-order valence-corrected chi connectivity index (χ4v) is 2.63. The van der Waals surface area contributed by atoms with Gasteiger partial charge in [-0.15, -0.1) is 0 Å². The van der Waals surface area contributed by atoms with Crippen LogP contribution in [0.4, 0.5) is 10.2 Å². The van der Waals surface area contributed by atoms with Gasteiger partial charge in [-0.3, -0.25) is 9.59 Å². The van der Waals surface area contributed by atoms with Gasteiger partial charge >= 0.3 is 0 Å². The van der Waals surface area contributed by atoms with Gasteiger partial charge in [0.1, 0.15) is 17.2 Å². The molecule has 6 heteroatoms. The number of hydrogen-bond donors (Lipinski definition) is 1. The van der Waals surface area contributed by atoms with Gasteiger partial charge in [-0.25, -0.2) is 9.37 Å². The zero-order chi connectivity index (χ0) is 18.5. The summed E-state index contributed by atoms with van der Waals surface area (Å²) in [5.74, 6) is -0.424. The number of carbonyl (C=O) groups excluding carboxylic acids is 1. The molecule has 2 heterocycles.